The molecule has 2 aliphatic rings. The van der Waals surface area contributed by atoms with Gasteiger partial charge in [-0.15, -0.1) is 0 Å². The molecule has 0 N–H and O–H groups in total. The highest BCUT2D eigenvalue weighted by Gasteiger charge is 2.35. The monoisotopic (exact) mass is 471 g/mol. The van der Waals surface area contributed by atoms with E-state index >= 15 is 0 Å². The number of piperazine rings is 1. The molecule has 34 heavy (non-hydrogen) atoms. The van der Waals surface area contributed by atoms with Crippen molar-refractivity contribution in [1.82, 2.24) is 5.01 Å². The number of nitrogens with zero attached hydrogens (tertiary/aromatic N) is 5. The number of hydrazone groups is 1. The fourth-order valence-electron chi connectivity index (χ4n) is 4.44. The molecule has 0 amide bonds. The van der Waals surface area contributed by atoms with Gasteiger partial charge in [0.15, 0.2) is 0 Å². The van der Waals surface area contributed by atoms with E-state index < -0.39 is 11.7 Å². The summed E-state index contributed by atoms with van der Waals surface area (Å²) in [7, 11) is 0. The van der Waals surface area contributed by atoms with Gasteiger partial charge in [0.2, 0.25) is 0 Å². The smallest absolute Gasteiger partial charge is 0.368 e. The molecule has 0 aromatic heterocycles. The van der Waals surface area contributed by atoms with Crippen LogP contribution in [0.15, 0.2) is 60.0 Å². The molecule has 0 spiro atoms. The highest BCUT2D eigenvalue weighted by molar-refractivity contribution is 5.85. The van der Waals surface area contributed by atoms with Crippen LogP contribution in [0.3, 0.4) is 0 Å². The topological polar surface area (TPSA) is 25.3 Å². The van der Waals surface area contributed by atoms with E-state index in [4.69, 9.17) is 0 Å². The molecule has 5 nitrogen and oxygen atoms in total. The quantitative estimate of drug-likeness (QED) is 0.522. The van der Waals surface area contributed by atoms with E-state index in [0.29, 0.717) is 38.2 Å². The number of anilines is 3. The summed E-state index contributed by atoms with van der Waals surface area (Å²) in [6, 6.07) is 13.2. The molecule has 182 valence electrons. The van der Waals surface area contributed by atoms with Gasteiger partial charge in [-0.3, -0.25) is 4.90 Å². The van der Waals surface area contributed by atoms with Crippen LogP contribution in [0.4, 0.5) is 30.2 Å². The highest BCUT2D eigenvalue weighted by Crippen LogP contribution is 2.38. The Morgan fingerprint density at radius 3 is 2.15 bits per heavy atom. The van der Waals surface area contributed by atoms with Gasteiger partial charge in [0.05, 0.1) is 11.6 Å². The average Bonchev–Trinajstić information content (AvgIpc) is 3.24. The molecular weight excluding hydrogens is 439 g/mol. The molecule has 0 aliphatic carbocycles. The van der Waals surface area contributed by atoms with Gasteiger partial charge in [-0.05, 0) is 61.7 Å². The van der Waals surface area contributed by atoms with Gasteiger partial charge in [-0.25, -0.2) is 5.01 Å². The SMILES string of the molecule is C=C1N(c2ccc(N3CCN(c4ccc(CC)cc4C(F)(F)F)CC3)cc2)C=NN1C(C)CC. The Morgan fingerprint density at radius 1 is 0.941 bits per heavy atom. The zero-order chi connectivity index (χ0) is 24.5. The van der Waals surface area contributed by atoms with Gasteiger partial charge in [-0.1, -0.05) is 26.5 Å². The minimum atomic E-state index is -4.36. The fraction of sp³-hybridized carbons (Fsp3) is 0.423. The second-order valence-corrected chi connectivity index (χ2v) is 8.81. The van der Waals surface area contributed by atoms with Gasteiger partial charge in [-0.2, -0.15) is 18.3 Å². The van der Waals surface area contributed by atoms with E-state index in [0.717, 1.165) is 23.6 Å². The first kappa shape index (κ1) is 24.0. The maximum absolute atomic E-state index is 13.7. The fourth-order valence-corrected chi connectivity index (χ4v) is 4.44. The van der Waals surface area contributed by atoms with Crippen LogP contribution in [-0.4, -0.2) is 43.6 Å². The predicted octanol–water partition coefficient (Wildman–Crippen LogP) is 5.93. The van der Waals surface area contributed by atoms with Gasteiger partial charge < -0.3 is 9.80 Å². The molecule has 1 fully saturated rings. The minimum absolute atomic E-state index is 0.275. The van der Waals surface area contributed by atoms with Crippen LogP contribution in [-0.2, 0) is 12.6 Å². The molecule has 2 heterocycles. The van der Waals surface area contributed by atoms with E-state index in [1.807, 2.05) is 33.9 Å². The molecule has 1 atom stereocenters. The van der Waals surface area contributed by atoms with Crippen molar-refractivity contribution in [3.05, 3.63) is 66.0 Å². The maximum Gasteiger partial charge on any atom is 0.418 e. The van der Waals surface area contributed by atoms with Crippen LogP contribution >= 0.6 is 0 Å². The van der Waals surface area contributed by atoms with Crippen LogP contribution in [0.1, 0.15) is 38.3 Å². The lowest BCUT2D eigenvalue weighted by atomic mass is 10.0. The van der Waals surface area contributed by atoms with E-state index in [2.05, 4.69) is 42.6 Å². The third-order valence-corrected chi connectivity index (χ3v) is 6.73. The van der Waals surface area contributed by atoms with E-state index in [9.17, 15) is 13.2 Å². The van der Waals surface area contributed by atoms with Crippen molar-refractivity contribution in [2.75, 3.05) is 40.9 Å². The Hall–Kier alpha value is -3.16. The molecule has 4 rings (SSSR count). The minimum Gasteiger partial charge on any atom is -0.368 e. The molecule has 2 aromatic rings. The number of benzene rings is 2. The summed E-state index contributed by atoms with van der Waals surface area (Å²) in [5.41, 5.74) is 2.47. The summed E-state index contributed by atoms with van der Waals surface area (Å²) in [4.78, 5) is 6.03. The van der Waals surface area contributed by atoms with Crippen molar-refractivity contribution in [2.45, 2.75) is 45.8 Å². The molecular formula is C26H32F3N5. The summed E-state index contributed by atoms with van der Waals surface area (Å²) < 4.78 is 41.1. The van der Waals surface area contributed by atoms with Crippen molar-refractivity contribution in [2.24, 2.45) is 5.10 Å². The zero-order valence-corrected chi connectivity index (χ0v) is 20.0. The summed E-state index contributed by atoms with van der Waals surface area (Å²) in [6.07, 6.45) is -1.02. The van der Waals surface area contributed by atoms with Crippen LogP contribution in [0.2, 0.25) is 0 Å². The van der Waals surface area contributed by atoms with Crippen LogP contribution in [0.5, 0.6) is 0 Å². The lowest BCUT2D eigenvalue weighted by Gasteiger charge is -2.38. The zero-order valence-electron chi connectivity index (χ0n) is 20.0. The first-order valence-electron chi connectivity index (χ1n) is 11.8. The van der Waals surface area contributed by atoms with Crippen molar-refractivity contribution in [3.8, 4) is 0 Å². The average molecular weight is 472 g/mol. The number of hydrogen-bond acceptors (Lipinski definition) is 5. The van der Waals surface area contributed by atoms with Gasteiger partial charge in [0, 0.05) is 43.2 Å². The van der Waals surface area contributed by atoms with Crippen molar-refractivity contribution >= 4 is 23.4 Å². The Morgan fingerprint density at radius 2 is 1.56 bits per heavy atom. The summed E-state index contributed by atoms with van der Waals surface area (Å²) >= 11 is 0. The summed E-state index contributed by atoms with van der Waals surface area (Å²) in [6.45, 7) is 12.7. The normalized spacial score (nSPS) is 17.6. The van der Waals surface area contributed by atoms with Gasteiger partial charge >= 0.3 is 6.18 Å². The largest absolute Gasteiger partial charge is 0.418 e. The Kier molecular flexibility index (Phi) is 6.77. The number of halogens is 3. The number of alkyl halides is 3. The Balaban J connectivity index is 1.42. The van der Waals surface area contributed by atoms with E-state index in [1.165, 1.54) is 6.07 Å². The molecule has 2 aromatic carbocycles. The van der Waals surface area contributed by atoms with Crippen molar-refractivity contribution in [1.29, 1.82) is 0 Å². The van der Waals surface area contributed by atoms with Crippen LogP contribution in [0.25, 0.3) is 0 Å². The number of aryl methyl sites for hydroxylation is 1. The molecule has 0 saturated carbocycles. The number of rotatable bonds is 6. The lowest BCUT2D eigenvalue weighted by Crippen LogP contribution is -2.47. The van der Waals surface area contributed by atoms with E-state index in [1.54, 1.807) is 18.5 Å². The molecule has 8 heteroatoms. The predicted molar refractivity (Wildman–Crippen MR) is 133 cm³/mol. The van der Waals surface area contributed by atoms with Crippen molar-refractivity contribution in [3.63, 3.8) is 0 Å². The van der Waals surface area contributed by atoms with E-state index in [-0.39, 0.29) is 11.7 Å². The summed E-state index contributed by atoms with van der Waals surface area (Å²) in [5, 5.41) is 6.39. The molecule has 1 saturated heterocycles. The van der Waals surface area contributed by atoms with Gasteiger partial charge in [0.1, 0.15) is 12.2 Å². The second kappa shape index (κ2) is 9.60. The van der Waals surface area contributed by atoms with Crippen molar-refractivity contribution < 1.29 is 13.2 Å². The summed E-state index contributed by atoms with van der Waals surface area (Å²) in [5.74, 6) is 0.824. The Labute approximate surface area is 199 Å². The first-order valence-corrected chi connectivity index (χ1v) is 11.8. The second-order valence-electron chi connectivity index (χ2n) is 8.81. The molecule has 0 radical (unpaired) electrons. The maximum atomic E-state index is 13.7. The number of hydrogen-bond donors (Lipinski definition) is 0. The lowest BCUT2D eigenvalue weighted by molar-refractivity contribution is -0.137. The Bertz CT molecular complexity index is 1040. The highest BCUT2D eigenvalue weighted by atomic mass is 19.4. The first-order chi connectivity index (χ1) is 16.2. The molecule has 0 bridgehead atoms. The van der Waals surface area contributed by atoms with Gasteiger partial charge in [0.25, 0.3) is 0 Å². The van der Waals surface area contributed by atoms with Crippen LogP contribution < -0.4 is 14.7 Å². The third-order valence-electron chi connectivity index (χ3n) is 6.73. The molecule has 1 unspecified atom stereocenters. The van der Waals surface area contributed by atoms with Crippen LogP contribution in [0, 0.1) is 0 Å². The third kappa shape index (κ3) is 4.72. The molecule has 2 aliphatic heterocycles. The standard InChI is InChI=1S/C26H32F3N5/c1-5-19(3)34-20(4)33(18-30-34)23-10-8-22(9-11-23)31-13-15-32(16-14-31)25-12-7-21(6-2)17-24(25)26(27,28)29/h7-12,17-19H,4-6,13-16H2,1-3H3.